The van der Waals surface area contributed by atoms with E-state index in [0.717, 1.165) is 23.4 Å². The van der Waals surface area contributed by atoms with Crippen LogP contribution in [0, 0.1) is 0 Å². The number of nitrogens with zero attached hydrogens (tertiary/aromatic N) is 1. The summed E-state index contributed by atoms with van der Waals surface area (Å²) in [6.45, 7) is 0.558. The van der Waals surface area contributed by atoms with Crippen molar-refractivity contribution in [3.63, 3.8) is 0 Å². The summed E-state index contributed by atoms with van der Waals surface area (Å²) < 4.78 is 0.682. The van der Waals surface area contributed by atoms with E-state index in [1.54, 1.807) is 12.1 Å². The molecule has 0 aliphatic rings. The molecule has 2 aromatic rings. The highest BCUT2D eigenvalue weighted by Gasteiger charge is 2.11. The van der Waals surface area contributed by atoms with Gasteiger partial charge < -0.3 is 10.7 Å². The first kappa shape index (κ1) is 12.9. The Labute approximate surface area is 117 Å². The van der Waals surface area contributed by atoms with Gasteiger partial charge in [0.1, 0.15) is 0 Å². The molecule has 1 aromatic carbocycles. The van der Waals surface area contributed by atoms with Crippen LogP contribution in [0.3, 0.4) is 0 Å². The molecule has 1 heterocycles. The molecule has 6 heteroatoms. The Morgan fingerprint density at radius 1 is 1.29 bits per heavy atom. The molecule has 1 aromatic heterocycles. The lowest BCUT2D eigenvalue weighted by molar-refractivity contribution is 0.934. The van der Waals surface area contributed by atoms with Gasteiger partial charge in [-0.05, 0) is 34.6 Å². The van der Waals surface area contributed by atoms with Crippen molar-refractivity contribution in [3.05, 3.63) is 38.7 Å². The van der Waals surface area contributed by atoms with E-state index in [4.69, 9.17) is 28.9 Å². The Morgan fingerprint density at radius 3 is 2.71 bits per heavy atom. The lowest BCUT2D eigenvalue weighted by Gasteiger charge is -2.03. The summed E-state index contributed by atoms with van der Waals surface area (Å²) in [4.78, 5) is 7.50. The highest BCUT2D eigenvalue weighted by atomic mass is 79.9. The number of H-pyrrole nitrogens is 1. The van der Waals surface area contributed by atoms with Crippen LogP contribution in [0.1, 0.15) is 5.69 Å². The second kappa shape index (κ2) is 5.40. The maximum absolute atomic E-state index is 5.99. The van der Waals surface area contributed by atoms with Crippen molar-refractivity contribution < 1.29 is 0 Å². The van der Waals surface area contributed by atoms with Gasteiger partial charge in [0.2, 0.25) is 0 Å². The highest BCUT2D eigenvalue weighted by molar-refractivity contribution is 9.10. The molecule has 0 aliphatic carbocycles. The fourth-order valence-electron chi connectivity index (χ4n) is 1.58. The quantitative estimate of drug-likeness (QED) is 0.900. The van der Waals surface area contributed by atoms with Gasteiger partial charge in [0.15, 0.2) is 4.73 Å². The number of hydrogen-bond acceptors (Lipinski definition) is 2. The summed E-state index contributed by atoms with van der Waals surface area (Å²) >= 11 is 15.2. The van der Waals surface area contributed by atoms with E-state index in [1.807, 2.05) is 6.07 Å². The van der Waals surface area contributed by atoms with Gasteiger partial charge in [-0.25, -0.2) is 4.98 Å². The zero-order valence-electron chi connectivity index (χ0n) is 8.80. The first-order chi connectivity index (χ1) is 8.11. The predicted molar refractivity (Wildman–Crippen MR) is 74.5 cm³/mol. The minimum Gasteiger partial charge on any atom is -0.336 e. The average Bonchev–Trinajstić information content (AvgIpc) is 2.64. The summed E-state index contributed by atoms with van der Waals surface area (Å²) in [6.07, 6.45) is 0.730. The van der Waals surface area contributed by atoms with Gasteiger partial charge in [0, 0.05) is 17.7 Å². The van der Waals surface area contributed by atoms with Gasteiger partial charge in [-0.1, -0.05) is 29.3 Å². The van der Waals surface area contributed by atoms with Crippen LogP contribution in [0.25, 0.3) is 11.3 Å². The molecule has 2 rings (SSSR count). The molecule has 0 unspecified atom stereocenters. The highest BCUT2D eigenvalue weighted by Crippen LogP contribution is 2.30. The molecule has 0 bridgehead atoms. The van der Waals surface area contributed by atoms with Crippen LogP contribution in [0.5, 0.6) is 0 Å². The van der Waals surface area contributed by atoms with E-state index >= 15 is 0 Å². The molecule has 0 atom stereocenters. The summed E-state index contributed by atoms with van der Waals surface area (Å²) in [5.41, 5.74) is 8.31. The molecule has 0 amide bonds. The van der Waals surface area contributed by atoms with Gasteiger partial charge in [-0.15, -0.1) is 0 Å². The lowest BCUT2D eigenvalue weighted by Crippen LogP contribution is -2.04. The standard InChI is InChI=1S/C11H10BrCl2N3/c12-11-16-9(3-4-15)10(17-11)6-1-2-7(13)8(14)5-6/h1-2,5H,3-4,15H2,(H,16,17). The third-order valence-corrected chi connectivity index (χ3v) is 3.45. The number of halogens is 3. The van der Waals surface area contributed by atoms with Crippen molar-refractivity contribution in [3.8, 4) is 11.3 Å². The van der Waals surface area contributed by atoms with Crippen LogP contribution in [-0.4, -0.2) is 16.5 Å². The van der Waals surface area contributed by atoms with E-state index in [-0.39, 0.29) is 0 Å². The summed E-state index contributed by atoms with van der Waals surface area (Å²) in [7, 11) is 0. The summed E-state index contributed by atoms with van der Waals surface area (Å²) in [6, 6.07) is 5.44. The number of aromatic amines is 1. The summed E-state index contributed by atoms with van der Waals surface area (Å²) in [5, 5.41) is 1.05. The van der Waals surface area contributed by atoms with E-state index < -0.39 is 0 Å². The average molecular weight is 335 g/mol. The number of aromatic nitrogens is 2. The molecule has 90 valence electrons. The Kier molecular flexibility index (Phi) is 4.09. The molecular weight excluding hydrogens is 325 g/mol. The van der Waals surface area contributed by atoms with E-state index in [1.165, 1.54) is 0 Å². The maximum atomic E-state index is 5.99. The van der Waals surface area contributed by atoms with Crippen molar-refractivity contribution in [2.75, 3.05) is 6.54 Å². The topological polar surface area (TPSA) is 54.7 Å². The molecular formula is C11H10BrCl2N3. The van der Waals surface area contributed by atoms with E-state index in [2.05, 4.69) is 25.9 Å². The van der Waals surface area contributed by atoms with Gasteiger partial charge in [0.05, 0.1) is 15.7 Å². The SMILES string of the molecule is NCCc1[nH]c(Br)nc1-c1ccc(Cl)c(Cl)c1. The Bertz CT molecular complexity index is 540. The zero-order valence-corrected chi connectivity index (χ0v) is 11.9. The smallest absolute Gasteiger partial charge is 0.175 e. The molecule has 17 heavy (non-hydrogen) atoms. The molecule has 0 radical (unpaired) electrons. The Balaban J connectivity index is 2.47. The third-order valence-electron chi connectivity index (χ3n) is 2.34. The molecule has 0 aliphatic heterocycles. The van der Waals surface area contributed by atoms with Crippen molar-refractivity contribution in [1.29, 1.82) is 0 Å². The molecule has 0 saturated heterocycles. The minimum atomic E-state index is 0.516. The molecule has 0 saturated carbocycles. The fourth-order valence-corrected chi connectivity index (χ4v) is 2.30. The van der Waals surface area contributed by atoms with Crippen LogP contribution in [0.2, 0.25) is 10.0 Å². The first-order valence-corrected chi connectivity index (χ1v) is 6.56. The molecule has 3 N–H and O–H groups in total. The van der Waals surface area contributed by atoms with Crippen LogP contribution in [0.4, 0.5) is 0 Å². The number of nitrogens with two attached hydrogens (primary N) is 1. The van der Waals surface area contributed by atoms with Crippen LogP contribution in [-0.2, 0) is 6.42 Å². The normalized spacial score (nSPS) is 10.8. The van der Waals surface area contributed by atoms with Crippen LogP contribution in [0.15, 0.2) is 22.9 Å². The van der Waals surface area contributed by atoms with Gasteiger partial charge in [0.25, 0.3) is 0 Å². The maximum Gasteiger partial charge on any atom is 0.175 e. The first-order valence-electron chi connectivity index (χ1n) is 5.01. The number of benzene rings is 1. The molecule has 3 nitrogen and oxygen atoms in total. The lowest BCUT2D eigenvalue weighted by atomic mass is 10.1. The van der Waals surface area contributed by atoms with Crippen LogP contribution >= 0.6 is 39.1 Å². The van der Waals surface area contributed by atoms with Gasteiger partial charge >= 0.3 is 0 Å². The number of imidazole rings is 1. The minimum absolute atomic E-state index is 0.516. The number of rotatable bonds is 3. The second-order valence-electron chi connectivity index (χ2n) is 3.52. The number of hydrogen-bond donors (Lipinski definition) is 2. The second-order valence-corrected chi connectivity index (χ2v) is 5.09. The Hall–Kier alpha value is -0.550. The predicted octanol–water partition coefficient (Wildman–Crippen LogP) is 3.65. The van der Waals surface area contributed by atoms with E-state index in [0.29, 0.717) is 21.3 Å². The van der Waals surface area contributed by atoms with Crippen molar-refractivity contribution in [2.24, 2.45) is 5.73 Å². The van der Waals surface area contributed by atoms with Crippen molar-refractivity contribution in [1.82, 2.24) is 9.97 Å². The largest absolute Gasteiger partial charge is 0.336 e. The zero-order chi connectivity index (χ0) is 12.4. The third kappa shape index (κ3) is 2.83. The monoisotopic (exact) mass is 333 g/mol. The number of nitrogens with one attached hydrogen (secondary N) is 1. The van der Waals surface area contributed by atoms with Crippen LogP contribution < -0.4 is 5.73 Å². The fraction of sp³-hybridized carbons (Fsp3) is 0.182. The Morgan fingerprint density at radius 2 is 2.06 bits per heavy atom. The molecule has 0 spiro atoms. The van der Waals surface area contributed by atoms with Gasteiger partial charge in [-0.2, -0.15) is 0 Å². The van der Waals surface area contributed by atoms with Gasteiger partial charge in [-0.3, -0.25) is 0 Å². The molecule has 0 fully saturated rings. The van der Waals surface area contributed by atoms with E-state index in [9.17, 15) is 0 Å². The van der Waals surface area contributed by atoms with Crippen molar-refractivity contribution in [2.45, 2.75) is 6.42 Å². The van der Waals surface area contributed by atoms with Crippen molar-refractivity contribution >= 4 is 39.1 Å². The summed E-state index contributed by atoms with van der Waals surface area (Å²) in [5.74, 6) is 0.